The van der Waals surface area contributed by atoms with E-state index in [1.807, 2.05) is 62.0 Å². The van der Waals surface area contributed by atoms with Crippen LogP contribution in [0.5, 0.6) is 0 Å². The number of halogens is 1. The SMILES string of the molecule is Brc1cccc(-c2ccccc2)c1.C=C(c1cccc(-c2ccccc2)c1)c1ccc2c(c1)Cc1ccccc1S2.CC(=NCS(=O)(=O)c1ccc(C)cc1)c1ccc2c(c1)Cc1ccccc1S2. The Hall–Kier alpha value is -6.48. The molecule has 0 bridgehead atoms. The van der Waals surface area contributed by atoms with Crippen LogP contribution in [0, 0.1) is 6.92 Å². The Kier molecular flexibility index (Phi) is 15.1. The Morgan fingerprint density at radius 3 is 1.54 bits per heavy atom. The smallest absolute Gasteiger partial charge is 0.198 e. The molecule has 340 valence electrons. The lowest BCUT2D eigenvalue weighted by Crippen LogP contribution is -2.08. The van der Waals surface area contributed by atoms with Gasteiger partial charge in [-0.1, -0.05) is 203 Å². The number of hydrogen-bond donors (Lipinski definition) is 0. The first-order chi connectivity index (χ1) is 33.6. The zero-order chi connectivity index (χ0) is 47.7. The number of aryl methyl sites for hydroxylation is 1. The van der Waals surface area contributed by atoms with Gasteiger partial charge >= 0.3 is 0 Å². The van der Waals surface area contributed by atoms with Crippen LogP contribution in [0.15, 0.2) is 259 Å². The number of fused-ring (bicyclic) bond motifs is 4. The van der Waals surface area contributed by atoms with E-state index in [9.17, 15) is 8.42 Å². The van der Waals surface area contributed by atoms with Crippen molar-refractivity contribution in [3.8, 4) is 22.3 Å². The van der Waals surface area contributed by atoms with E-state index in [1.54, 1.807) is 23.9 Å². The molecule has 0 unspecified atom stereocenters. The monoisotopic (exact) mass is 1020 g/mol. The minimum absolute atomic E-state index is 0.240. The summed E-state index contributed by atoms with van der Waals surface area (Å²) in [7, 11) is -3.43. The molecular weight excluding hydrogens is 967 g/mol. The van der Waals surface area contributed by atoms with Gasteiger partial charge in [0.05, 0.1) is 4.90 Å². The number of benzene rings is 9. The molecule has 9 aromatic rings. The topological polar surface area (TPSA) is 46.5 Å². The van der Waals surface area contributed by atoms with Crippen molar-refractivity contribution >= 4 is 60.6 Å². The summed E-state index contributed by atoms with van der Waals surface area (Å²) >= 11 is 7.11. The van der Waals surface area contributed by atoms with Crippen LogP contribution < -0.4 is 0 Å². The maximum atomic E-state index is 12.5. The third-order valence-corrected chi connectivity index (χ3v) is 16.6. The predicted octanol–water partition coefficient (Wildman–Crippen LogP) is 16.9. The van der Waals surface area contributed by atoms with Crippen LogP contribution >= 0.6 is 39.5 Å². The second kappa shape index (κ2) is 21.9. The van der Waals surface area contributed by atoms with Gasteiger partial charge < -0.3 is 0 Å². The molecule has 0 aliphatic carbocycles. The van der Waals surface area contributed by atoms with Crippen LogP contribution in [0.1, 0.15) is 51.4 Å². The van der Waals surface area contributed by atoms with Crippen molar-refractivity contribution < 1.29 is 8.42 Å². The number of hydrogen-bond acceptors (Lipinski definition) is 5. The van der Waals surface area contributed by atoms with Crippen molar-refractivity contribution in [2.24, 2.45) is 4.99 Å². The van der Waals surface area contributed by atoms with Crippen LogP contribution in [-0.2, 0) is 22.7 Å². The second-order valence-corrected chi connectivity index (χ2v) is 22.1. The Bertz CT molecular complexity index is 3420. The molecule has 7 heteroatoms. The third-order valence-electron chi connectivity index (χ3n) is 12.1. The Balaban J connectivity index is 0.000000138. The van der Waals surface area contributed by atoms with E-state index in [0.717, 1.165) is 39.7 Å². The minimum Gasteiger partial charge on any atom is -0.273 e. The Morgan fingerprint density at radius 1 is 0.493 bits per heavy atom. The van der Waals surface area contributed by atoms with Crippen LogP contribution in [0.3, 0.4) is 0 Å². The Labute approximate surface area is 424 Å². The van der Waals surface area contributed by atoms with Crippen LogP contribution in [0.25, 0.3) is 27.8 Å². The molecule has 0 atom stereocenters. The molecule has 3 nitrogen and oxygen atoms in total. The molecule has 0 saturated heterocycles. The maximum absolute atomic E-state index is 12.5. The number of aliphatic imine (C=N–C) groups is 1. The molecule has 0 saturated carbocycles. The lowest BCUT2D eigenvalue weighted by molar-refractivity contribution is 0.596. The second-order valence-electron chi connectivity index (χ2n) is 17.0. The fraction of sp³-hybridized carbons (Fsp3) is 0.0806. The quantitative estimate of drug-likeness (QED) is 0.142. The van der Waals surface area contributed by atoms with Crippen LogP contribution in [0.2, 0.25) is 0 Å². The van der Waals surface area contributed by atoms with Gasteiger partial charge in [0.1, 0.15) is 5.88 Å². The van der Waals surface area contributed by atoms with Gasteiger partial charge in [-0.15, -0.1) is 0 Å². The van der Waals surface area contributed by atoms with E-state index in [1.165, 1.54) is 75.2 Å². The summed E-state index contributed by atoms with van der Waals surface area (Å²) < 4.78 is 26.2. The normalized spacial score (nSPS) is 12.4. The van der Waals surface area contributed by atoms with Gasteiger partial charge in [0.25, 0.3) is 0 Å². The average Bonchev–Trinajstić information content (AvgIpc) is 3.39. The number of rotatable bonds is 8. The summed E-state index contributed by atoms with van der Waals surface area (Å²) in [4.78, 5) is 9.98. The fourth-order valence-electron chi connectivity index (χ4n) is 8.27. The van der Waals surface area contributed by atoms with Crippen LogP contribution in [0.4, 0.5) is 0 Å². The Morgan fingerprint density at radius 2 is 0.957 bits per heavy atom. The maximum Gasteiger partial charge on any atom is 0.198 e. The minimum atomic E-state index is -3.43. The summed E-state index contributed by atoms with van der Waals surface area (Å²) in [5, 5.41) is 0. The summed E-state index contributed by atoms with van der Waals surface area (Å²) in [5.41, 5.74) is 16.5. The van der Waals surface area contributed by atoms with Crippen molar-refractivity contribution in [2.75, 3.05) is 5.88 Å². The molecular formula is C62H50BrNO2S3. The van der Waals surface area contributed by atoms with Gasteiger partial charge in [-0.05, 0) is 160 Å². The van der Waals surface area contributed by atoms with E-state index in [0.29, 0.717) is 4.90 Å². The lowest BCUT2D eigenvalue weighted by Gasteiger charge is -2.20. The van der Waals surface area contributed by atoms with E-state index in [-0.39, 0.29) is 5.88 Å². The standard InChI is InChI=1S/C27H20S.C23H21NO2S2.C12H9Br/c1-19(21-11-7-12-23(16-21)20-8-3-2-4-9-20)22-14-15-27-25(17-22)18-24-10-5-6-13-26(24)28-27;1-16-7-10-21(11-8-16)28(25,26)15-24-17(2)18-9-12-23-20(13-18)14-19-5-3-4-6-22(19)27-23;13-12-8-4-7-11(9-12)10-5-2-1-3-6-10/h2-17H,1,18H2;3-13H,14-15H2,1-2H3;1-9H. The fourth-order valence-corrected chi connectivity index (χ4v) is 11.8. The molecule has 11 rings (SSSR count). The van der Waals surface area contributed by atoms with Gasteiger partial charge in [0, 0.05) is 29.8 Å². The van der Waals surface area contributed by atoms with Gasteiger partial charge in [-0.3, -0.25) is 4.99 Å². The van der Waals surface area contributed by atoms with E-state index >= 15 is 0 Å². The molecule has 0 aromatic heterocycles. The summed E-state index contributed by atoms with van der Waals surface area (Å²) in [6.07, 6.45) is 1.88. The molecule has 0 N–H and O–H groups in total. The molecule has 69 heavy (non-hydrogen) atoms. The molecule has 0 amide bonds. The van der Waals surface area contributed by atoms with Gasteiger partial charge in [0.15, 0.2) is 9.84 Å². The first-order valence-corrected chi connectivity index (χ1v) is 26.9. The molecule has 9 aromatic carbocycles. The average molecular weight is 1020 g/mol. The van der Waals surface area contributed by atoms with E-state index in [4.69, 9.17) is 0 Å². The molecule has 2 aliphatic rings. The first-order valence-electron chi connectivity index (χ1n) is 22.8. The molecule has 0 spiro atoms. The van der Waals surface area contributed by atoms with E-state index in [2.05, 4.69) is 197 Å². The highest BCUT2D eigenvalue weighted by Gasteiger charge is 2.19. The molecule has 0 radical (unpaired) electrons. The lowest BCUT2D eigenvalue weighted by atomic mass is 9.93. The number of sulfone groups is 1. The summed E-state index contributed by atoms with van der Waals surface area (Å²) in [6, 6.07) is 74.9. The van der Waals surface area contributed by atoms with Gasteiger partial charge in [-0.25, -0.2) is 8.42 Å². The highest BCUT2D eigenvalue weighted by atomic mass is 79.9. The summed E-state index contributed by atoms with van der Waals surface area (Å²) in [6.45, 7) is 8.22. The molecule has 2 aliphatic heterocycles. The van der Waals surface area contributed by atoms with Crippen molar-refractivity contribution in [2.45, 2.75) is 51.2 Å². The largest absolute Gasteiger partial charge is 0.273 e. The first kappa shape index (κ1) is 47.6. The van der Waals surface area contributed by atoms with Gasteiger partial charge in [-0.2, -0.15) is 0 Å². The van der Waals surface area contributed by atoms with Gasteiger partial charge in [0.2, 0.25) is 0 Å². The van der Waals surface area contributed by atoms with Crippen LogP contribution in [-0.4, -0.2) is 20.0 Å². The highest BCUT2D eigenvalue weighted by Crippen LogP contribution is 2.42. The van der Waals surface area contributed by atoms with Crippen molar-refractivity contribution in [1.29, 1.82) is 0 Å². The number of nitrogens with zero attached hydrogens (tertiary/aromatic N) is 1. The van der Waals surface area contributed by atoms with E-state index < -0.39 is 9.84 Å². The molecule has 2 heterocycles. The third kappa shape index (κ3) is 11.9. The zero-order valence-corrected chi connectivity index (χ0v) is 42.5. The van der Waals surface area contributed by atoms with Crippen molar-refractivity contribution in [3.05, 3.63) is 274 Å². The molecule has 0 fully saturated rings. The van der Waals surface area contributed by atoms with Crippen molar-refractivity contribution in [3.63, 3.8) is 0 Å². The summed E-state index contributed by atoms with van der Waals surface area (Å²) in [5.74, 6) is -0.240. The highest BCUT2D eigenvalue weighted by molar-refractivity contribution is 9.10. The predicted molar refractivity (Wildman–Crippen MR) is 295 cm³/mol. The zero-order valence-electron chi connectivity index (χ0n) is 38.5. The van der Waals surface area contributed by atoms with Crippen molar-refractivity contribution in [1.82, 2.24) is 0 Å².